The van der Waals surface area contributed by atoms with Crippen LogP contribution in [0.15, 0.2) is 18.3 Å². The normalized spacial score (nSPS) is 9.69. The van der Waals surface area contributed by atoms with Gasteiger partial charge < -0.3 is 4.74 Å². The monoisotopic (exact) mass is 199 g/mol. The van der Waals surface area contributed by atoms with Gasteiger partial charge in [-0.25, -0.2) is 9.78 Å². The van der Waals surface area contributed by atoms with Crippen molar-refractivity contribution in [2.75, 3.05) is 6.61 Å². The molecule has 0 N–H and O–H groups in total. The van der Waals surface area contributed by atoms with Crippen LogP contribution in [0.1, 0.15) is 23.0 Å². The minimum Gasteiger partial charge on any atom is -0.461 e. The van der Waals surface area contributed by atoms with Gasteiger partial charge in [-0.2, -0.15) is 0 Å². The minimum atomic E-state index is -0.408. The molecular formula is C9H10ClNO2. The van der Waals surface area contributed by atoms with E-state index in [0.717, 1.165) is 5.56 Å². The van der Waals surface area contributed by atoms with Crippen molar-refractivity contribution in [1.29, 1.82) is 0 Å². The van der Waals surface area contributed by atoms with Crippen molar-refractivity contribution >= 4 is 17.6 Å². The number of nitrogens with zero attached hydrogens (tertiary/aromatic N) is 1. The fraction of sp³-hybridized carbons (Fsp3) is 0.333. The second-order valence-electron chi connectivity index (χ2n) is 2.40. The Morgan fingerprint density at radius 3 is 3.08 bits per heavy atom. The number of rotatable bonds is 3. The molecule has 70 valence electrons. The van der Waals surface area contributed by atoms with E-state index in [1.165, 1.54) is 0 Å². The second-order valence-corrected chi connectivity index (χ2v) is 2.67. The molecule has 0 bridgehead atoms. The van der Waals surface area contributed by atoms with Gasteiger partial charge in [-0.15, -0.1) is 11.6 Å². The number of esters is 1. The van der Waals surface area contributed by atoms with E-state index in [1.807, 2.05) is 0 Å². The highest BCUT2D eigenvalue weighted by atomic mass is 35.5. The number of hydrogen-bond acceptors (Lipinski definition) is 3. The van der Waals surface area contributed by atoms with Crippen molar-refractivity contribution in [3.8, 4) is 0 Å². The van der Waals surface area contributed by atoms with Gasteiger partial charge in [0.2, 0.25) is 0 Å². The molecule has 0 saturated carbocycles. The zero-order valence-electron chi connectivity index (χ0n) is 7.29. The third-order valence-corrected chi connectivity index (χ3v) is 1.77. The van der Waals surface area contributed by atoms with Gasteiger partial charge in [-0.05, 0) is 24.6 Å². The highest BCUT2D eigenvalue weighted by molar-refractivity contribution is 6.17. The van der Waals surface area contributed by atoms with Crippen LogP contribution in [0.3, 0.4) is 0 Å². The maximum atomic E-state index is 11.2. The molecule has 0 unspecified atom stereocenters. The van der Waals surface area contributed by atoms with Crippen molar-refractivity contribution < 1.29 is 9.53 Å². The molecule has 1 aromatic rings. The van der Waals surface area contributed by atoms with Crippen molar-refractivity contribution in [2.45, 2.75) is 12.8 Å². The average Bonchev–Trinajstić information content (AvgIpc) is 2.18. The summed E-state index contributed by atoms with van der Waals surface area (Å²) in [5.41, 5.74) is 1.17. The van der Waals surface area contributed by atoms with Crippen molar-refractivity contribution in [1.82, 2.24) is 4.98 Å². The molecule has 1 aromatic heterocycles. The lowest BCUT2D eigenvalue weighted by Gasteiger charge is -2.01. The highest BCUT2D eigenvalue weighted by Crippen LogP contribution is 2.05. The van der Waals surface area contributed by atoms with Gasteiger partial charge in [0.15, 0.2) is 0 Å². The van der Waals surface area contributed by atoms with Crippen LogP contribution in [-0.4, -0.2) is 17.6 Å². The summed E-state index contributed by atoms with van der Waals surface area (Å²) in [6.45, 7) is 2.11. The van der Waals surface area contributed by atoms with E-state index in [-0.39, 0.29) is 0 Å². The third kappa shape index (κ3) is 2.70. The minimum absolute atomic E-state index is 0.306. The molecule has 0 aliphatic heterocycles. The van der Waals surface area contributed by atoms with E-state index in [2.05, 4.69) is 4.98 Å². The zero-order valence-corrected chi connectivity index (χ0v) is 8.04. The fourth-order valence-corrected chi connectivity index (χ4v) is 1.04. The molecule has 0 saturated heterocycles. The van der Waals surface area contributed by atoms with Gasteiger partial charge in [0.25, 0.3) is 0 Å². The van der Waals surface area contributed by atoms with Crippen LogP contribution in [-0.2, 0) is 10.6 Å². The molecule has 0 atom stereocenters. The van der Waals surface area contributed by atoms with Crippen LogP contribution < -0.4 is 0 Å². The summed E-state index contributed by atoms with van der Waals surface area (Å²) < 4.78 is 4.78. The Bertz CT molecular complexity index is 301. The molecule has 1 heterocycles. The topological polar surface area (TPSA) is 39.2 Å². The fourth-order valence-electron chi connectivity index (χ4n) is 0.874. The van der Waals surface area contributed by atoms with E-state index in [9.17, 15) is 4.79 Å². The molecule has 0 radical (unpaired) electrons. The Labute approximate surface area is 81.7 Å². The van der Waals surface area contributed by atoms with Crippen LogP contribution in [0.25, 0.3) is 0 Å². The zero-order chi connectivity index (χ0) is 9.68. The molecule has 0 spiro atoms. The predicted molar refractivity (Wildman–Crippen MR) is 49.8 cm³/mol. The summed E-state index contributed by atoms with van der Waals surface area (Å²) in [4.78, 5) is 15.1. The maximum absolute atomic E-state index is 11.2. The van der Waals surface area contributed by atoms with Gasteiger partial charge in [0.1, 0.15) is 5.69 Å². The molecule has 0 amide bonds. The number of alkyl halides is 1. The van der Waals surface area contributed by atoms with E-state index in [4.69, 9.17) is 16.3 Å². The summed E-state index contributed by atoms with van der Waals surface area (Å²) in [6.07, 6.45) is 1.55. The van der Waals surface area contributed by atoms with Crippen molar-refractivity contribution in [2.24, 2.45) is 0 Å². The number of carbonyl (C=O) groups excluding carboxylic acids is 1. The first-order chi connectivity index (χ1) is 6.27. The summed E-state index contributed by atoms with van der Waals surface area (Å²) in [6, 6.07) is 3.39. The van der Waals surface area contributed by atoms with Crippen LogP contribution in [0.2, 0.25) is 0 Å². The molecule has 3 nitrogen and oxygen atoms in total. The molecule has 13 heavy (non-hydrogen) atoms. The lowest BCUT2D eigenvalue weighted by Crippen LogP contribution is -2.07. The average molecular weight is 200 g/mol. The van der Waals surface area contributed by atoms with E-state index < -0.39 is 5.97 Å². The van der Waals surface area contributed by atoms with Crippen molar-refractivity contribution in [3.05, 3.63) is 29.6 Å². The lowest BCUT2D eigenvalue weighted by molar-refractivity contribution is 0.0519. The first-order valence-corrected chi connectivity index (χ1v) is 4.49. The quantitative estimate of drug-likeness (QED) is 0.552. The van der Waals surface area contributed by atoms with E-state index in [1.54, 1.807) is 25.3 Å². The SMILES string of the molecule is CCOC(=O)c1cc(CCl)ccn1. The Balaban J connectivity index is 2.82. The number of aromatic nitrogens is 1. The van der Waals surface area contributed by atoms with Gasteiger partial charge in [0.05, 0.1) is 6.61 Å². The van der Waals surface area contributed by atoms with Crippen LogP contribution in [0.5, 0.6) is 0 Å². The standard InChI is InChI=1S/C9H10ClNO2/c1-2-13-9(12)8-5-7(6-10)3-4-11-8/h3-5H,2,6H2,1H3. The summed E-state index contributed by atoms with van der Waals surface area (Å²) in [7, 11) is 0. The Kier molecular flexibility index (Phi) is 3.71. The van der Waals surface area contributed by atoms with Crippen LogP contribution in [0.4, 0.5) is 0 Å². The van der Waals surface area contributed by atoms with Crippen LogP contribution in [0, 0.1) is 0 Å². The lowest BCUT2D eigenvalue weighted by atomic mass is 10.2. The molecule has 0 aliphatic rings. The number of pyridine rings is 1. The first kappa shape index (κ1) is 9.99. The van der Waals surface area contributed by atoms with Crippen LogP contribution >= 0.6 is 11.6 Å². The molecular weight excluding hydrogens is 190 g/mol. The Hall–Kier alpha value is -1.09. The van der Waals surface area contributed by atoms with Crippen molar-refractivity contribution in [3.63, 3.8) is 0 Å². The summed E-state index contributed by atoms with van der Waals surface area (Å²) in [5, 5.41) is 0. The Morgan fingerprint density at radius 2 is 2.46 bits per heavy atom. The smallest absolute Gasteiger partial charge is 0.356 e. The second kappa shape index (κ2) is 4.82. The molecule has 0 aromatic carbocycles. The molecule has 0 aliphatic carbocycles. The third-order valence-electron chi connectivity index (χ3n) is 1.46. The molecule has 1 rings (SSSR count). The number of halogens is 1. The highest BCUT2D eigenvalue weighted by Gasteiger charge is 2.07. The largest absolute Gasteiger partial charge is 0.461 e. The van der Waals surface area contributed by atoms with E-state index in [0.29, 0.717) is 18.2 Å². The number of carbonyl (C=O) groups is 1. The van der Waals surface area contributed by atoms with Gasteiger partial charge in [-0.1, -0.05) is 0 Å². The Morgan fingerprint density at radius 1 is 1.69 bits per heavy atom. The summed E-state index contributed by atoms with van der Waals surface area (Å²) in [5.74, 6) is -0.0379. The summed E-state index contributed by atoms with van der Waals surface area (Å²) >= 11 is 5.60. The van der Waals surface area contributed by atoms with Gasteiger partial charge in [0, 0.05) is 12.1 Å². The molecule has 4 heteroatoms. The predicted octanol–water partition coefficient (Wildman–Crippen LogP) is 2.00. The van der Waals surface area contributed by atoms with Gasteiger partial charge >= 0.3 is 5.97 Å². The number of ether oxygens (including phenoxy) is 1. The number of hydrogen-bond donors (Lipinski definition) is 0. The van der Waals surface area contributed by atoms with E-state index >= 15 is 0 Å². The molecule has 0 fully saturated rings. The maximum Gasteiger partial charge on any atom is 0.356 e. The van der Waals surface area contributed by atoms with Gasteiger partial charge in [-0.3, -0.25) is 0 Å². The first-order valence-electron chi connectivity index (χ1n) is 3.96.